The third kappa shape index (κ3) is 3.65. The maximum atomic E-state index is 12.7. The number of aliphatic hydroxyl groups excluding tert-OH is 1. The molecule has 2 aliphatic heterocycles. The smallest absolute Gasteiger partial charge is 0.220 e. The van der Waals surface area contributed by atoms with Crippen LogP contribution in [0.1, 0.15) is 55.7 Å². The summed E-state index contributed by atoms with van der Waals surface area (Å²) in [6.45, 7) is 4.11. The van der Waals surface area contributed by atoms with Gasteiger partial charge in [0, 0.05) is 11.8 Å². The van der Waals surface area contributed by atoms with Gasteiger partial charge in [-0.1, -0.05) is 24.3 Å². The van der Waals surface area contributed by atoms with Gasteiger partial charge in [-0.2, -0.15) is 0 Å². The minimum atomic E-state index is -0.538. The molecular weight excluding hydrogens is 338 g/mol. The summed E-state index contributed by atoms with van der Waals surface area (Å²) in [6, 6.07) is 8.03. The van der Waals surface area contributed by atoms with Crippen LogP contribution < -0.4 is 10.6 Å². The van der Waals surface area contributed by atoms with E-state index in [9.17, 15) is 9.90 Å². The van der Waals surface area contributed by atoms with Gasteiger partial charge in [-0.25, -0.2) is 0 Å². The number of hydrogen-bond donors (Lipinski definition) is 3. The monoisotopic (exact) mass is 371 g/mol. The SMILES string of the molecule is CN1CCC(CCC(=O)N[C@H]2c3ccccc3C3(CCNCC3)[C@@H]2O)CC1. The van der Waals surface area contributed by atoms with Gasteiger partial charge in [-0.05, 0) is 82.4 Å². The third-order valence-electron chi connectivity index (χ3n) is 7.14. The van der Waals surface area contributed by atoms with Gasteiger partial charge >= 0.3 is 0 Å². The van der Waals surface area contributed by atoms with Crippen LogP contribution >= 0.6 is 0 Å². The lowest BCUT2D eigenvalue weighted by Crippen LogP contribution is -2.48. The number of nitrogens with one attached hydrogen (secondary N) is 2. The van der Waals surface area contributed by atoms with Crippen LogP contribution in [0.5, 0.6) is 0 Å². The van der Waals surface area contributed by atoms with Crippen molar-refractivity contribution in [1.29, 1.82) is 0 Å². The van der Waals surface area contributed by atoms with Crippen LogP contribution in [0.3, 0.4) is 0 Å². The fraction of sp³-hybridized carbons (Fsp3) is 0.682. The van der Waals surface area contributed by atoms with Crippen molar-refractivity contribution >= 4 is 5.91 Å². The number of rotatable bonds is 4. The van der Waals surface area contributed by atoms with Crippen molar-refractivity contribution in [3.8, 4) is 0 Å². The molecule has 0 saturated carbocycles. The van der Waals surface area contributed by atoms with Crippen molar-refractivity contribution < 1.29 is 9.90 Å². The number of piperidine rings is 2. The van der Waals surface area contributed by atoms with Gasteiger partial charge in [0.05, 0.1) is 12.1 Å². The van der Waals surface area contributed by atoms with Gasteiger partial charge in [-0.3, -0.25) is 4.79 Å². The second-order valence-electron chi connectivity index (χ2n) is 8.77. The second-order valence-corrected chi connectivity index (χ2v) is 8.77. The number of carbonyl (C=O) groups is 1. The molecule has 148 valence electrons. The predicted octanol–water partition coefficient (Wildman–Crippen LogP) is 1.96. The minimum absolute atomic E-state index is 0.0822. The summed E-state index contributed by atoms with van der Waals surface area (Å²) < 4.78 is 0. The van der Waals surface area contributed by atoms with Gasteiger partial charge in [0.2, 0.25) is 5.91 Å². The quantitative estimate of drug-likeness (QED) is 0.757. The molecular formula is C22H33N3O2. The van der Waals surface area contributed by atoms with Gasteiger partial charge in [-0.15, -0.1) is 0 Å². The highest BCUT2D eigenvalue weighted by molar-refractivity contribution is 5.77. The number of nitrogens with zero attached hydrogens (tertiary/aromatic N) is 1. The molecule has 4 rings (SSSR count). The Morgan fingerprint density at radius 1 is 1.26 bits per heavy atom. The Bertz CT molecular complexity index is 663. The zero-order valence-electron chi connectivity index (χ0n) is 16.4. The van der Waals surface area contributed by atoms with Crippen molar-refractivity contribution in [2.45, 2.75) is 56.1 Å². The van der Waals surface area contributed by atoms with E-state index in [0.29, 0.717) is 12.3 Å². The van der Waals surface area contributed by atoms with Crippen LogP contribution in [-0.4, -0.2) is 55.2 Å². The van der Waals surface area contributed by atoms with E-state index in [1.54, 1.807) is 0 Å². The Hall–Kier alpha value is -1.43. The summed E-state index contributed by atoms with van der Waals surface area (Å²) in [6.07, 6.45) is 5.21. The molecule has 1 aromatic rings. The number of hydrogen-bond acceptors (Lipinski definition) is 4. The molecule has 2 atom stereocenters. The van der Waals surface area contributed by atoms with E-state index >= 15 is 0 Å². The molecule has 0 bridgehead atoms. The third-order valence-corrected chi connectivity index (χ3v) is 7.14. The zero-order chi connectivity index (χ0) is 18.9. The first-order chi connectivity index (χ1) is 13.1. The highest BCUT2D eigenvalue weighted by Gasteiger charge is 2.52. The van der Waals surface area contributed by atoms with Crippen LogP contribution in [-0.2, 0) is 10.2 Å². The summed E-state index contributed by atoms with van der Waals surface area (Å²) in [5.41, 5.74) is 2.13. The Morgan fingerprint density at radius 2 is 1.96 bits per heavy atom. The van der Waals surface area contributed by atoms with Crippen molar-refractivity contribution in [2.24, 2.45) is 5.92 Å². The first kappa shape index (κ1) is 18.9. The van der Waals surface area contributed by atoms with Crippen molar-refractivity contribution in [2.75, 3.05) is 33.2 Å². The maximum absolute atomic E-state index is 12.7. The maximum Gasteiger partial charge on any atom is 0.220 e. The lowest BCUT2D eigenvalue weighted by molar-refractivity contribution is -0.123. The molecule has 2 heterocycles. The fourth-order valence-electron chi connectivity index (χ4n) is 5.40. The standard InChI is InChI=1S/C22H33N3O2/c1-25-14-8-16(9-15-25)6-7-19(26)24-20-17-4-2-3-5-18(17)22(21(20)27)10-12-23-13-11-22/h2-5,16,20-21,23,27H,6-15H2,1H3,(H,24,26)/t20-,21+/m0/s1. The zero-order valence-corrected chi connectivity index (χ0v) is 16.4. The number of likely N-dealkylation sites (tertiary alicyclic amines) is 1. The lowest BCUT2D eigenvalue weighted by Gasteiger charge is -2.39. The molecule has 1 spiro atoms. The average molecular weight is 372 g/mol. The largest absolute Gasteiger partial charge is 0.390 e. The van der Waals surface area contributed by atoms with E-state index in [1.807, 2.05) is 6.07 Å². The highest BCUT2D eigenvalue weighted by atomic mass is 16.3. The molecule has 0 unspecified atom stereocenters. The number of fused-ring (bicyclic) bond motifs is 2. The number of benzene rings is 1. The molecule has 5 heteroatoms. The minimum Gasteiger partial charge on any atom is -0.390 e. The summed E-state index contributed by atoms with van der Waals surface area (Å²) in [4.78, 5) is 15.0. The lowest BCUT2D eigenvalue weighted by atomic mass is 9.72. The number of carbonyl (C=O) groups excluding carboxylic acids is 1. The Morgan fingerprint density at radius 3 is 2.70 bits per heavy atom. The van der Waals surface area contributed by atoms with Gasteiger partial charge in [0.15, 0.2) is 0 Å². The number of amides is 1. The summed E-state index contributed by atoms with van der Waals surface area (Å²) in [5.74, 6) is 0.738. The summed E-state index contributed by atoms with van der Waals surface area (Å²) in [7, 11) is 2.17. The molecule has 3 N–H and O–H groups in total. The molecule has 2 saturated heterocycles. The average Bonchev–Trinajstić information content (AvgIpc) is 2.91. The van der Waals surface area contributed by atoms with Gasteiger partial charge in [0.1, 0.15) is 0 Å². The van der Waals surface area contributed by atoms with Crippen molar-refractivity contribution in [1.82, 2.24) is 15.5 Å². The molecule has 1 aromatic carbocycles. The van der Waals surface area contributed by atoms with Crippen LogP contribution in [0.25, 0.3) is 0 Å². The Labute approximate surface area is 162 Å². The summed E-state index contributed by atoms with van der Waals surface area (Å²) in [5, 5.41) is 17.8. The Kier molecular flexibility index (Phi) is 5.53. The number of aliphatic hydroxyl groups is 1. The van der Waals surface area contributed by atoms with E-state index in [0.717, 1.165) is 51.0 Å². The van der Waals surface area contributed by atoms with Crippen LogP contribution in [0, 0.1) is 5.92 Å². The molecule has 27 heavy (non-hydrogen) atoms. The van der Waals surface area contributed by atoms with Crippen LogP contribution in [0.15, 0.2) is 24.3 Å². The van der Waals surface area contributed by atoms with Gasteiger partial charge < -0.3 is 20.6 Å². The molecule has 5 nitrogen and oxygen atoms in total. The van der Waals surface area contributed by atoms with E-state index in [2.05, 4.69) is 40.8 Å². The van der Waals surface area contributed by atoms with Crippen molar-refractivity contribution in [3.05, 3.63) is 35.4 Å². The van der Waals surface area contributed by atoms with Gasteiger partial charge in [0.25, 0.3) is 0 Å². The van der Waals surface area contributed by atoms with E-state index < -0.39 is 6.10 Å². The molecule has 1 amide bonds. The van der Waals surface area contributed by atoms with E-state index in [-0.39, 0.29) is 17.4 Å². The van der Waals surface area contributed by atoms with E-state index in [4.69, 9.17) is 0 Å². The molecule has 3 aliphatic rings. The Balaban J connectivity index is 1.42. The first-order valence-corrected chi connectivity index (χ1v) is 10.6. The molecule has 1 aliphatic carbocycles. The molecule has 0 radical (unpaired) electrons. The first-order valence-electron chi connectivity index (χ1n) is 10.6. The normalized spacial score (nSPS) is 28.2. The second kappa shape index (κ2) is 7.90. The van der Waals surface area contributed by atoms with E-state index in [1.165, 1.54) is 18.4 Å². The fourth-order valence-corrected chi connectivity index (χ4v) is 5.40. The summed E-state index contributed by atoms with van der Waals surface area (Å²) >= 11 is 0. The topological polar surface area (TPSA) is 64.6 Å². The van der Waals surface area contributed by atoms with Crippen LogP contribution in [0.2, 0.25) is 0 Å². The molecule has 2 fully saturated rings. The molecule has 0 aromatic heterocycles. The van der Waals surface area contributed by atoms with Crippen molar-refractivity contribution in [3.63, 3.8) is 0 Å². The predicted molar refractivity (Wildman–Crippen MR) is 107 cm³/mol. The highest BCUT2D eigenvalue weighted by Crippen LogP contribution is 2.50. The van der Waals surface area contributed by atoms with Crippen LogP contribution in [0.4, 0.5) is 0 Å².